The van der Waals surface area contributed by atoms with E-state index in [-0.39, 0.29) is 17.9 Å². The minimum Gasteiger partial charge on any atom is -0.478 e. The summed E-state index contributed by atoms with van der Waals surface area (Å²) >= 11 is 5.87. The lowest BCUT2D eigenvalue weighted by molar-refractivity contribution is -0.134. The second kappa shape index (κ2) is 8.23. The van der Waals surface area contributed by atoms with Crippen molar-refractivity contribution in [2.45, 2.75) is 39.3 Å². The normalized spacial score (nSPS) is 12.2. The van der Waals surface area contributed by atoms with Crippen LogP contribution in [0.2, 0.25) is 5.02 Å². The smallest absolute Gasteiger partial charge is 0.264 e. The van der Waals surface area contributed by atoms with Crippen LogP contribution in [-0.2, 0) is 9.59 Å². The van der Waals surface area contributed by atoms with Gasteiger partial charge in [-0.2, -0.15) is 0 Å². The number of hydrogen-bond acceptors (Lipinski definition) is 3. The maximum Gasteiger partial charge on any atom is 0.264 e. The molecule has 2 aromatic carbocycles. The number of carbonyl (C=O) groups is 2. The van der Waals surface area contributed by atoms with Crippen LogP contribution in [0.25, 0.3) is 0 Å². The predicted octanol–water partition coefficient (Wildman–Crippen LogP) is 4.33. The highest BCUT2D eigenvalue weighted by Crippen LogP contribution is 2.23. The highest BCUT2D eigenvalue weighted by atomic mass is 35.5. The average Bonchev–Trinajstić information content (AvgIpc) is 2.56. The van der Waals surface area contributed by atoms with E-state index in [1.807, 2.05) is 25.1 Å². The Labute approximate surface area is 158 Å². The zero-order chi connectivity index (χ0) is 19.3. The summed E-state index contributed by atoms with van der Waals surface area (Å²) in [6.45, 7) is 6.74. The van der Waals surface area contributed by atoms with Crippen molar-refractivity contribution >= 4 is 29.1 Å². The van der Waals surface area contributed by atoms with Gasteiger partial charge in [0.2, 0.25) is 5.91 Å². The van der Waals surface area contributed by atoms with Crippen LogP contribution in [0.3, 0.4) is 0 Å². The van der Waals surface area contributed by atoms with E-state index < -0.39 is 5.60 Å². The van der Waals surface area contributed by atoms with Gasteiger partial charge < -0.3 is 15.4 Å². The Morgan fingerprint density at radius 3 is 2.38 bits per heavy atom. The molecule has 0 aliphatic heterocycles. The van der Waals surface area contributed by atoms with Crippen LogP contribution < -0.4 is 15.4 Å². The first-order valence-corrected chi connectivity index (χ1v) is 8.68. The number of nitrogens with one attached hydrogen (secondary N) is 2. The standard InChI is InChI=1S/C20H23ClN2O3/c1-13(15-6-5-7-17(12-15)23-14(2)24)22-19(25)20(3,4)26-18-10-8-16(21)9-11-18/h5-13H,1-4H3,(H,22,25)(H,23,24). The molecule has 2 amide bonds. The molecule has 2 rings (SSSR count). The largest absolute Gasteiger partial charge is 0.478 e. The quantitative estimate of drug-likeness (QED) is 0.790. The highest BCUT2D eigenvalue weighted by Gasteiger charge is 2.31. The van der Waals surface area contributed by atoms with E-state index in [2.05, 4.69) is 10.6 Å². The lowest BCUT2D eigenvalue weighted by Gasteiger charge is -2.27. The summed E-state index contributed by atoms with van der Waals surface area (Å²) in [6.07, 6.45) is 0. The number of benzene rings is 2. The Kier molecular flexibility index (Phi) is 6.27. The fraction of sp³-hybridized carbons (Fsp3) is 0.300. The molecule has 1 unspecified atom stereocenters. The Morgan fingerprint density at radius 1 is 1.12 bits per heavy atom. The zero-order valence-corrected chi connectivity index (χ0v) is 16.1. The van der Waals surface area contributed by atoms with E-state index in [1.165, 1.54) is 6.92 Å². The van der Waals surface area contributed by atoms with E-state index in [4.69, 9.17) is 16.3 Å². The molecular formula is C20H23ClN2O3. The van der Waals surface area contributed by atoms with E-state index in [9.17, 15) is 9.59 Å². The molecule has 2 aromatic rings. The molecule has 0 radical (unpaired) electrons. The Hall–Kier alpha value is -2.53. The second-order valence-electron chi connectivity index (χ2n) is 6.57. The number of amides is 2. The van der Waals surface area contributed by atoms with Crippen molar-refractivity contribution < 1.29 is 14.3 Å². The van der Waals surface area contributed by atoms with E-state index in [1.54, 1.807) is 44.2 Å². The van der Waals surface area contributed by atoms with Gasteiger partial charge in [-0.15, -0.1) is 0 Å². The van der Waals surface area contributed by atoms with Gasteiger partial charge in [0, 0.05) is 17.6 Å². The van der Waals surface area contributed by atoms with E-state index in [0.29, 0.717) is 16.5 Å². The summed E-state index contributed by atoms with van der Waals surface area (Å²) in [5.74, 6) is 0.177. The molecule has 138 valence electrons. The maximum atomic E-state index is 12.7. The van der Waals surface area contributed by atoms with Crippen molar-refractivity contribution in [1.82, 2.24) is 5.32 Å². The van der Waals surface area contributed by atoms with Crippen LogP contribution in [0, 0.1) is 0 Å². The first-order valence-electron chi connectivity index (χ1n) is 8.30. The molecule has 26 heavy (non-hydrogen) atoms. The van der Waals surface area contributed by atoms with Crippen LogP contribution in [-0.4, -0.2) is 17.4 Å². The summed E-state index contributed by atoms with van der Waals surface area (Å²) < 4.78 is 5.80. The van der Waals surface area contributed by atoms with Crippen molar-refractivity contribution in [3.05, 3.63) is 59.1 Å². The van der Waals surface area contributed by atoms with E-state index >= 15 is 0 Å². The predicted molar refractivity (Wildman–Crippen MR) is 103 cm³/mol. The molecule has 0 fully saturated rings. The van der Waals surface area contributed by atoms with Crippen molar-refractivity contribution in [3.63, 3.8) is 0 Å². The topological polar surface area (TPSA) is 67.4 Å². The van der Waals surface area contributed by atoms with Gasteiger partial charge in [-0.3, -0.25) is 9.59 Å². The number of ether oxygens (including phenoxy) is 1. The fourth-order valence-corrected chi connectivity index (χ4v) is 2.51. The maximum absolute atomic E-state index is 12.7. The van der Waals surface area contributed by atoms with Gasteiger partial charge in [0.05, 0.1) is 6.04 Å². The summed E-state index contributed by atoms with van der Waals surface area (Å²) in [5, 5.41) is 6.28. The highest BCUT2D eigenvalue weighted by molar-refractivity contribution is 6.30. The first-order chi connectivity index (χ1) is 12.2. The number of hydrogen-bond donors (Lipinski definition) is 2. The number of rotatable bonds is 6. The van der Waals surface area contributed by atoms with Crippen molar-refractivity contribution in [2.75, 3.05) is 5.32 Å². The lowest BCUT2D eigenvalue weighted by Crippen LogP contribution is -2.47. The summed E-state index contributed by atoms with van der Waals surface area (Å²) in [4.78, 5) is 23.8. The third-order valence-electron chi connectivity index (χ3n) is 3.79. The van der Waals surface area contributed by atoms with Crippen LogP contribution in [0.4, 0.5) is 5.69 Å². The van der Waals surface area contributed by atoms with Gasteiger partial charge in [-0.25, -0.2) is 0 Å². The van der Waals surface area contributed by atoms with Gasteiger partial charge in [-0.05, 0) is 62.7 Å². The van der Waals surface area contributed by atoms with Crippen molar-refractivity contribution in [3.8, 4) is 5.75 Å². The number of halogens is 1. The summed E-state index contributed by atoms with van der Waals surface area (Å²) in [5.41, 5.74) is 0.511. The molecular weight excluding hydrogens is 352 g/mol. The molecule has 6 heteroatoms. The van der Waals surface area contributed by atoms with Crippen molar-refractivity contribution in [2.24, 2.45) is 0 Å². The third kappa shape index (κ3) is 5.49. The first kappa shape index (κ1) is 19.8. The molecule has 0 heterocycles. The van der Waals surface area contributed by atoms with Crippen LogP contribution >= 0.6 is 11.6 Å². The van der Waals surface area contributed by atoms with Crippen LogP contribution in [0.5, 0.6) is 5.75 Å². The molecule has 0 saturated carbocycles. The van der Waals surface area contributed by atoms with Gasteiger partial charge >= 0.3 is 0 Å². The van der Waals surface area contributed by atoms with Gasteiger partial charge in [-0.1, -0.05) is 23.7 Å². The third-order valence-corrected chi connectivity index (χ3v) is 4.04. The average molecular weight is 375 g/mol. The molecule has 0 aliphatic carbocycles. The molecule has 5 nitrogen and oxygen atoms in total. The molecule has 0 aromatic heterocycles. The van der Waals surface area contributed by atoms with Crippen LogP contribution in [0.15, 0.2) is 48.5 Å². The lowest BCUT2D eigenvalue weighted by atomic mass is 10.0. The Morgan fingerprint density at radius 2 is 1.77 bits per heavy atom. The molecule has 0 bridgehead atoms. The minimum absolute atomic E-state index is 0.142. The molecule has 2 N–H and O–H groups in total. The van der Waals surface area contributed by atoms with Gasteiger partial charge in [0.25, 0.3) is 5.91 Å². The zero-order valence-electron chi connectivity index (χ0n) is 15.3. The molecule has 1 atom stereocenters. The molecule has 0 spiro atoms. The molecule has 0 saturated heterocycles. The van der Waals surface area contributed by atoms with Gasteiger partial charge in [0.1, 0.15) is 5.75 Å². The summed E-state index contributed by atoms with van der Waals surface area (Å²) in [6, 6.07) is 14.0. The summed E-state index contributed by atoms with van der Waals surface area (Å²) in [7, 11) is 0. The monoisotopic (exact) mass is 374 g/mol. The van der Waals surface area contributed by atoms with E-state index in [0.717, 1.165) is 5.56 Å². The SMILES string of the molecule is CC(=O)Nc1cccc(C(C)NC(=O)C(C)(C)Oc2ccc(Cl)cc2)c1. The van der Waals surface area contributed by atoms with Gasteiger partial charge in [0.15, 0.2) is 5.60 Å². The number of carbonyl (C=O) groups excluding carboxylic acids is 2. The van der Waals surface area contributed by atoms with Crippen LogP contribution in [0.1, 0.15) is 39.3 Å². The Balaban J connectivity index is 2.05. The Bertz CT molecular complexity index is 788. The minimum atomic E-state index is -1.06. The van der Waals surface area contributed by atoms with Crippen molar-refractivity contribution in [1.29, 1.82) is 0 Å². The molecule has 0 aliphatic rings. The number of anilines is 1. The fourth-order valence-electron chi connectivity index (χ4n) is 2.39. The second-order valence-corrected chi connectivity index (χ2v) is 7.00.